The zero-order valence-corrected chi connectivity index (χ0v) is 17.9. The van der Waals surface area contributed by atoms with Gasteiger partial charge >= 0.3 is 0 Å². The highest BCUT2D eigenvalue weighted by molar-refractivity contribution is 5.94. The molecule has 33 heavy (non-hydrogen) atoms. The van der Waals surface area contributed by atoms with Gasteiger partial charge in [-0.1, -0.05) is 6.42 Å². The molecular formula is C24H23F2N5O2. The van der Waals surface area contributed by atoms with Gasteiger partial charge in [0, 0.05) is 50.1 Å². The fraction of sp³-hybridized carbons (Fsp3) is 0.333. The van der Waals surface area contributed by atoms with Crippen LogP contribution in [0, 0.1) is 11.6 Å². The molecule has 0 unspecified atom stereocenters. The van der Waals surface area contributed by atoms with Crippen LogP contribution in [0.1, 0.15) is 47.5 Å². The molecule has 2 aliphatic rings. The number of pyridine rings is 1. The summed E-state index contributed by atoms with van der Waals surface area (Å²) < 4.78 is 29.7. The lowest BCUT2D eigenvalue weighted by Gasteiger charge is -2.34. The lowest BCUT2D eigenvalue weighted by Crippen LogP contribution is -2.52. The van der Waals surface area contributed by atoms with Crippen LogP contribution in [0.2, 0.25) is 0 Å². The summed E-state index contributed by atoms with van der Waals surface area (Å²) in [7, 11) is 0. The Morgan fingerprint density at radius 3 is 2.67 bits per heavy atom. The number of hydrogen-bond donors (Lipinski definition) is 1. The number of hydrogen-bond acceptors (Lipinski definition) is 4. The van der Waals surface area contributed by atoms with Crippen LogP contribution >= 0.6 is 0 Å². The van der Waals surface area contributed by atoms with Gasteiger partial charge in [0.1, 0.15) is 11.6 Å². The maximum atomic E-state index is 14.0. The highest BCUT2D eigenvalue weighted by Gasteiger charge is 2.50. The molecule has 1 spiro atoms. The first-order valence-corrected chi connectivity index (χ1v) is 11.0. The Morgan fingerprint density at radius 1 is 1.15 bits per heavy atom. The third kappa shape index (κ3) is 4.10. The van der Waals surface area contributed by atoms with Crippen molar-refractivity contribution < 1.29 is 18.4 Å². The quantitative estimate of drug-likeness (QED) is 0.663. The van der Waals surface area contributed by atoms with E-state index in [4.69, 9.17) is 0 Å². The van der Waals surface area contributed by atoms with Crippen LogP contribution in [-0.2, 0) is 4.79 Å². The predicted octanol–water partition coefficient (Wildman–Crippen LogP) is 3.21. The zero-order chi connectivity index (χ0) is 23.0. The Balaban J connectivity index is 1.46. The average Bonchev–Trinajstić information content (AvgIpc) is 3.40. The molecule has 3 aromatic rings. The molecule has 2 fully saturated rings. The largest absolute Gasteiger partial charge is 0.348 e. The van der Waals surface area contributed by atoms with Crippen molar-refractivity contribution in [2.75, 3.05) is 13.1 Å². The van der Waals surface area contributed by atoms with E-state index in [0.717, 1.165) is 18.9 Å². The molecule has 9 heteroatoms. The van der Waals surface area contributed by atoms with Gasteiger partial charge in [-0.2, -0.15) is 5.10 Å². The SMILES string of the molecule is O=C1CCCC[C@]2(CN(C(=O)c3ccc(-n4cccn4)nc3)C[C@H]2c2cc(F)cc(F)c2)N1. The van der Waals surface area contributed by atoms with E-state index in [-0.39, 0.29) is 24.9 Å². The summed E-state index contributed by atoms with van der Waals surface area (Å²) in [5.74, 6) is -1.55. The molecule has 0 aliphatic carbocycles. The highest BCUT2D eigenvalue weighted by Crippen LogP contribution is 2.41. The van der Waals surface area contributed by atoms with Gasteiger partial charge in [-0.05, 0) is 48.7 Å². The van der Waals surface area contributed by atoms with E-state index in [9.17, 15) is 18.4 Å². The average molecular weight is 451 g/mol. The van der Waals surface area contributed by atoms with Gasteiger partial charge in [0.15, 0.2) is 5.82 Å². The van der Waals surface area contributed by atoms with E-state index in [2.05, 4.69) is 15.4 Å². The van der Waals surface area contributed by atoms with E-state index in [1.807, 2.05) is 0 Å². The van der Waals surface area contributed by atoms with Gasteiger partial charge in [0.25, 0.3) is 5.91 Å². The minimum absolute atomic E-state index is 0.103. The van der Waals surface area contributed by atoms with Gasteiger partial charge in [-0.25, -0.2) is 18.4 Å². The first kappa shape index (κ1) is 21.2. The summed E-state index contributed by atoms with van der Waals surface area (Å²) in [4.78, 5) is 31.8. The number of rotatable bonds is 3. The van der Waals surface area contributed by atoms with Crippen molar-refractivity contribution in [2.45, 2.75) is 37.1 Å². The normalized spacial score (nSPS) is 22.9. The smallest absolute Gasteiger partial charge is 0.255 e. The second-order valence-corrected chi connectivity index (χ2v) is 8.71. The lowest BCUT2D eigenvalue weighted by atomic mass is 9.79. The molecule has 170 valence electrons. The number of carbonyl (C=O) groups excluding carboxylic acids is 2. The molecule has 0 bridgehead atoms. The van der Waals surface area contributed by atoms with E-state index in [1.54, 1.807) is 40.2 Å². The summed E-state index contributed by atoms with van der Waals surface area (Å²) in [5, 5.41) is 7.23. The predicted molar refractivity (Wildman–Crippen MR) is 116 cm³/mol. The number of likely N-dealkylation sites (tertiary alicyclic amines) is 1. The van der Waals surface area contributed by atoms with E-state index < -0.39 is 23.1 Å². The fourth-order valence-corrected chi connectivity index (χ4v) is 5.01. The summed E-state index contributed by atoms with van der Waals surface area (Å²) in [6.07, 6.45) is 7.44. The molecule has 5 rings (SSSR count). The number of aromatic nitrogens is 3. The van der Waals surface area contributed by atoms with Gasteiger partial charge in [0.05, 0.1) is 11.1 Å². The summed E-state index contributed by atoms with van der Waals surface area (Å²) in [6, 6.07) is 8.58. The Morgan fingerprint density at radius 2 is 1.97 bits per heavy atom. The second kappa shape index (κ2) is 8.38. The van der Waals surface area contributed by atoms with Gasteiger partial charge in [-0.15, -0.1) is 0 Å². The maximum absolute atomic E-state index is 14.0. The molecule has 2 amide bonds. The van der Waals surface area contributed by atoms with E-state index in [1.165, 1.54) is 18.3 Å². The molecular weight excluding hydrogens is 428 g/mol. The van der Waals surface area contributed by atoms with Crippen molar-refractivity contribution in [1.29, 1.82) is 0 Å². The number of nitrogens with zero attached hydrogens (tertiary/aromatic N) is 4. The molecule has 4 heterocycles. The van der Waals surface area contributed by atoms with Crippen LogP contribution in [0.4, 0.5) is 8.78 Å². The van der Waals surface area contributed by atoms with Gasteiger partial charge in [-0.3, -0.25) is 9.59 Å². The van der Waals surface area contributed by atoms with Crippen molar-refractivity contribution in [3.05, 3.63) is 77.8 Å². The topological polar surface area (TPSA) is 80.1 Å². The first-order chi connectivity index (χ1) is 15.9. The van der Waals surface area contributed by atoms with Crippen LogP contribution in [0.5, 0.6) is 0 Å². The van der Waals surface area contributed by atoms with Crippen LogP contribution in [-0.4, -0.2) is 50.1 Å². The Kier molecular flexibility index (Phi) is 5.39. The number of amides is 2. The van der Waals surface area contributed by atoms with Crippen molar-refractivity contribution in [1.82, 2.24) is 25.0 Å². The summed E-state index contributed by atoms with van der Waals surface area (Å²) in [6.45, 7) is 0.504. The van der Waals surface area contributed by atoms with Crippen molar-refractivity contribution in [3.63, 3.8) is 0 Å². The van der Waals surface area contributed by atoms with E-state index >= 15 is 0 Å². The van der Waals surface area contributed by atoms with Crippen LogP contribution in [0.3, 0.4) is 0 Å². The summed E-state index contributed by atoms with van der Waals surface area (Å²) in [5.41, 5.74) is 0.0653. The first-order valence-electron chi connectivity index (χ1n) is 11.0. The monoisotopic (exact) mass is 451 g/mol. The zero-order valence-electron chi connectivity index (χ0n) is 17.9. The Bertz CT molecular complexity index is 1160. The minimum Gasteiger partial charge on any atom is -0.348 e. The number of halogens is 2. The number of carbonyl (C=O) groups is 2. The molecule has 0 saturated carbocycles. The number of nitrogens with one attached hydrogen (secondary N) is 1. The lowest BCUT2D eigenvalue weighted by molar-refractivity contribution is -0.122. The van der Waals surface area contributed by atoms with Crippen LogP contribution < -0.4 is 5.32 Å². The third-order valence-electron chi connectivity index (χ3n) is 6.52. The van der Waals surface area contributed by atoms with Crippen molar-refractivity contribution in [3.8, 4) is 5.82 Å². The second-order valence-electron chi connectivity index (χ2n) is 8.71. The highest BCUT2D eigenvalue weighted by atomic mass is 19.1. The maximum Gasteiger partial charge on any atom is 0.255 e. The molecule has 1 N–H and O–H groups in total. The van der Waals surface area contributed by atoms with E-state index in [0.29, 0.717) is 29.8 Å². The third-order valence-corrected chi connectivity index (χ3v) is 6.52. The van der Waals surface area contributed by atoms with Gasteiger partial charge < -0.3 is 10.2 Å². The minimum atomic E-state index is -0.772. The van der Waals surface area contributed by atoms with Crippen LogP contribution in [0.25, 0.3) is 5.82 Å². The standard InChI is InChI=1S/C24H23F2N5O2/c25-18-10-17(11-19(26)12-18)20-14-30(15-24(20)7-2-1-4-22(32)29-24)23(33)16-5-6-21(27-13-16)31-9-3-8-28-31/h3,5-6,8-13,20H,1-2,4,7,14-15H2,(H,29,32)/t20-,24+/m0/s1. The molecule has 2 saturated heterocycles. The molecule has 2 atom stereocenters. The van der Waals surface area contributed by atoms with Crippen molar-refractivity contribution >= 4 is 11.8 Å². The van der Waals surface area contributed by atoms with Gasteiger partial charge in [0.2, 0.25) is 5.91 Å². The molecule has 0 radical (unpaired) electrons. The Labute approximate surface area is 189 Å². The molecule has 2 aromatic heterocycles. The number of benzene rings is 1. The molecule has 2 aliphatic heterocycles. The molecule has 1 aromatic carbocycles. The fourth-order valence-electron chi connectivity index (χ4n) is 5.01. The van der Waals surface area contributed by atoms with Crippen LogP contribution in [0.15, 0.2) is 55.0 Å². The summed E-state index contributed by atoms with van der Waals surface area (Å²) >= 11 is 0. The molecule has 7 nitrogen and oxygen atoms in total. The Hall–Kier alpha value is -3.62. The van der Waals surface area contributed by atoms with Crippen molar-refractivity contribution in [2.24, 2.45) is 0 Å².